The summed E-state index contributed by atoms with van der Waals surface area (Å²) < 4.78 is 1.15. The summed E-state index contributed by atoms with van der Waals surface area (Å²) in [6, 6.07) is 9.22. The molecule has 1 saturated carbocycles. The topological polar surface area (TPSA) is 39.7 Å². The van der Waals surface area contributed by atoms with Gasteiger partial charge >= 0.3 is 0 Å². The minimum atomic E-state index is 0. The van der Waals surface area contributed by atoms with Crippen LogP contribution in [0.25, 0.3) is 0 Å². The zero-order valence-corrected chi connectivity index (χ0v) is 20.1. The monoisotopic (exact) mass is 546 g/mol. The molecule has 1 heterocycles. The maximum Gasteiger partial charge on any atom is 0.191 e. The van der Waals surface area contributed by atoms with E-state index >= 15 is 0 Å². The zero-order chi connectivity index (χ0) is 18.4. The van der Waals surface area contributed by atoms with Crippen molar-refractivity contribution in [1.82, 2.24) is 15.5 Å². The molecule has 0 aromatic heterocycles. The van der Waals surface area contributed by atoms with Crippen LogP contribution in [0.5, 0.6) is 0 Å². The molecule has 1 aromatic rings. The summed E-state index contributed by atoms with van der Waals surface area (Å²) >= 11 is 3.60. The highest BCUT2D eigenvalue weighted by Crippen LogP contribution is 2.48. The maximum atomic E-state index is 4.95. The summed E-state index contributed by atoms with van der Waals surface area (Å²) in [7, 11) is 0. The first-order valence-corrected chi connectivity index (χ1v) is 10.6. The van der Waals surface area contributed by atoms with Gasteiger partial charge in [-0.15, -0.1) is 30.6 Å². The number of rotatable bonds is 7. The van der Waals surface area contributed by atoms with Crippen molar-refractivity contribution < 1.29 is 0 Å². The molecular weight excluding hydrogens is 515 g/mol. The maximum absolute atomic E-state index is 4.95. The Morgan fingerprint density at radius 3 is 2.70 bits per heavy atom. The summed E-state index contributed by atoms with van der Waals surface area (Å²) in [5.41, 5.74) is 1.64. The van der Waals surface area contributed by atoms with Gasteiger partial charge in [-0.2, -0.15) is 0 Å². The van der Waals surface area contributed by atoms with Crippen LogP contribution in [0.4, 0.5) is 0 Å². The van der Waals surface area contributed by atoms with E-state index in [9.17, 15) is 0 Å². The summed E-state index contributed by atoms with van der Waals surface area (Å²) in [4.78, 5) is 7.41. The average molecular weight is 547 g/mol. The van der Waals surface area contributed by atoms with E-state index in [0.29, 0.717) is 6.04 Å². The minimum absolute atomic E-state index is 0. The molecule has 3 rings (SSSR count). The van der Waals surface area contributed by atoms with Crippen LogP contribution in [0.2, 0.25) is 0 Å². The van der Waals surface area contributed by atoms with Gasteiger partial charge in [0, 0.05) is 42.1 Å². The van der Waals surface area contributed by atoms with Gasteiger partial charge in [-0.05, 0) is 50.3 Å². The highest BCUT2D eigenvalue weighted by atomic mass is 127. The van der Waals surface area contributed by atoms with Crippen molar-refractivity contribution in [3.8, 4) is 0 Å². The summed E-state index contributed by atoms with van der Waals surface area (Å²) in [6.07, 6.45) is 6.78. The Kier molecular flexibility index (Phi) is 9.08. The Morgan fingerprint density at radius 1 is 1.37 bits per heavy atom. The van der Waals surface area contributed by atoms with Crippen molar-refractivity contribution in [2.75, 3.05) is 32.7 Å². The molecule has 0 spiro atoms. The lowest BCUT2D eigenvalue weighted by molar-refractivity contribution is 0.225. The molecule has 1 aliphatic carbocycles. The van der Waals surface area contributed by atoms with Crippen LogP contribution >= 0.6 is 39.9 Å². The van der Waals surface area contributed by atoms with Crippen LogP contribution in [0.15, 0.2) is 46.4 Å². The molecule has 0 bridgehead atoms. The number of nitrogens with one attached hydrogen (secondary N) is 2. The van der Waals surface area contributed by atoms with Gasteiger partial charge in [0.2, 0.25) is 0 Å². The fourth-order valence-corrected chi connectivity index (χ4v) is 4.09. The number of guanidine groups is 1. The fourth-order valence-electron chi connectivity index (χ4n) is 3.69. The predicted octanol–water partition coefficient (Wildman–Crippen LogP) is 4.30. The zero-order valence-electron chi connectivity index (χ0n) is 16.2. The van der Waals surface area contributed by atoms with E-state index in [2.05, 4.69) is 69.2 Å². The normalized spacial score (nSPS) is 19.9. The van der Waals surface area contributed by atoms with E-state index in [4.69, 9.17) is 4.99 Å². The number of benzene rings is 1. The van der Waals surface area contributed by atoms with Crippen LogP contribution in [-0.4, -0.2) is 49.6 Å². The molecule has 150 valence electrons. The van der Waals surface area contributed by atoms with E-state index in [1.54, 1.807) is 0 Å². The lowest BCUT2D eigenvalue weighted by Gasteiger charge is -2.32. The molecule has 0 atom stereocenters. The van der Waals surface area contributed by atoms with Crippen molar-refractivity contribution in [2.45, 2.75) is 44.1 Å². The number of aliphatic imine (C=N–C) groups is 1. The first-order valence-electron chi connectivity index (χ1n) is 9.79. The van der Waals surface area contributed by atoms with Gasteiger partial charge in [0.25, 0.3) is 0 Å². The SMILES string of the molecule is C=CCN1CCC(NC(=NCC2(c3cccc(Br)c3)CC2)NCC)CC1.I. The Bertz CT molecular complexity index is 637. The van der Waals surface area contributed by atoms with Gasteiger partial charge < -0.3 is 10.6 Å². The summed E-state index contributed by atoms with van der Waals surface area (Å²) in [5.74, 6) is 0.968. The molecular formula is C21H32BrIN4. The smallest absolute Gasteiger partial charge is 0.191 e. The molecule has 1 aliphatic heterocycles. The van der Waals surface area contributed by atoms with Crippen molar-refractivity contribution in [3.05, 3.63) is 47.0 Å². The van der Waals surface area contributed by atoms with Gasteiger partial charge in [0.15, 0.2) is 5.96 Å². The second-order valence-corrected chi connectivity index (χ2v) is 8.41. The van der Waals surface area contributed by atoms with Crippen LogP contribution in [-0.2, 0) is 5.41 Å². The number of likely N-dealkylation sites (tertiary alicyclic amines) is 1. The van der Waals surface area contributed by atoms with Crippen molar-refractivity contribution in [3.63, 3.8) is 0 Å². The Hall–Kier alpha value is -0.600. The third kappa shape index (κ3) is 6.46. The molecule has 2 N–H and O–H groups in total. The van der Waals surface area contributed by atoms with Gasteiger partial charge in [0.05, 0.1) is 6.54 Å². The number of hydrogen-bond donors (Lipinski definition) is 2. The van der Waals surface area contributed by atoms with Crippen LogP contribution in [0.1, 0.15) is 38.2 Å². The molecule has 6 heteroatoms. The second kappa shape index (κ2) is 10.8. The quantitative estimate of drug-likeness (QED) is 0.232. The third-order valence-corrected chi connectivity index (χ3v) is 5.98. The second-order valence-electron chi connectivity index (χ2n) is 7.49. The lowest BCUT2D eigenvalue weighted by atomic mass is 9.96. The van der Waals surface area contributed by atoms with Crippen LogP contribution < -0.4 is 10.6 Å². The highest BCUT2D eigenvalue weighted by Gasteiger charge is 2.44. The van der Waals surface area contributed by atoms with Crippen LogP contribution in [0, 0.1) is 0 Å². The van der Waals surface area contributed by atoms with Gasteiger partial charge in [-0.25, -0.2) is 0 Å². The number of hydrogen-bond acceptors (Lipinski definition) is 2. The highest BCUT2D eigenvalue weighted by molar-refractivity contribution is 14.0. The van der Waals surface area contributed by atoms with Gasteiger partial charge in [0.1, 0.15) is 0 Å². The fraction of sp³-hybridized carbons (Fsp3) is 0.571. The summed E-state index contributed by atoms with van der Waals surface area (Å²) in [5, 5.41) is 7.09. The van der Waals surface area contributed by atoms with Crippen molar-refractivity contribution >= 4 is 45.9 Å². The van der Waals surface area contributed by atoms with E-state index in [0.717, 1.165) is 56.0 Å². The number of nitrogens with zero attached hydrogens (tertiary/aromatic N) is 2. The Morgan fingerprint density at radius 2 is 2.11 bits per heavy atom. The third-order valence-electron chi connectivity index (χ3n) is 5.49. The first-order chi connectivity index (χ1) is 12.6. The minimum Gasteiger partial charge on any atom is -0.357 e. The van der Waals surface area contributed by atoms with Crippen LogP contribution in [0.3, 0.4) is 0 Å². The molecule has 0 unspecified atom stereocenters. The van der Waals surface area contributed by atoms with Gasteiger partial charge in [-0.3, -0.25) is 9.89 Å². The molecule has 1 aromatic carbocycles. The molecule has 1 saturated heterocycles. The van der Waals surface area contributed by atoms with Gasteiger partial charge in [-0.1, -0.05) is 34.1 Å². The molecule has 4 nitrogen and oxygen atoms in total. The molecule has 27 heavy (non-hydrogen) atoms. The molecule has 0 amide bonds. The molecule has 2 fully saturated rings. The Balaban J connectivity index is 0.00000261. The average Bonchev–Trinajstić information content (AvgIpc) is 3.43. The molecule has 2 aliphatic rings. The van der Waals surface area contributed by atoms with E-state index in [1.807, 2.05) is 6.08 Å². The van der Waals surface area contributed by atoms with E-state index in [1.165, 1.54) is 18.4 Å². The van der Waals surface area contributed by atoms with Crippen molar-refractivity contribution in [2.24, 2.45) is 4.99 Å². The standard InChI is InChI=1S/C21H31BrN4.HI/c1-3-12-26-13-8-19(9-14-26)25-20(23-4-2)24-16-21(10-11-21)17-6-5-7-18(22)15-17;/h3,5-7,15,19H,1,4,8-14,16H2,2H3,(H2,23,24,25);1H. The Labute approximate surface area is 189 Å². The predicted molar refractivity (Wildman–Crippen MR) is 129 cm³/mol. The van der Waals surface area contributed by atoms with E-state index in [-0.39, 0.29) is 29.4 Å². The van der Waals surface area contributed by atoms with Crippen molar-refractivity contribution in [1.29, 1.82) is 0 Å². The number of piperidine rings is 1. The lowest BCUT2D eigenvalue weighted by Crippen LogP contribution is -2.48. The molecule has 0 radical (unpaired) electrons. The first kappa shape index (κ1) is 22.7. The number of halogens is 2. The largest absolute Gasteiger partial charge is 0.357 e. The van der Waals surface area contributed by atoms with E-state index < -0.39 is 0 Å². The summed E-state index contributed by atoms with van der Waals surface area (Å²) in [6.45, 7) is 11.0.